The van der Waals surface area contributed by atoms with Gasteiger partial charge in [-0.25, -0.2) is 0 Å². The zero-order chi connectivity index (χ0) is 15.6. The van der Waals surface area contributed by atoms with Crippen molar-refractivity contribution in [2.45, 2.75) is 0 Å². The first-order valence-corrected chi connectivity index (χ1v) is 6.99. The molecule has 0 saturated carbocycles. The number of nitrogens with zero attached hydrogens (tertiary/aromatic N) is 4. The van der Waals surface area contributed by atoms with Gasteiger partial charge < -0.3 is 15.4 Å². The van der Waals surface area contributed by atoms with Crippen molar-refractivity contribution in [1.29, 1.82) is 0 Å². The van der Waals surface area contributed by atoms with E-state index in [9.17, 15) is 5.11 Å². The fourth-order valence-corrected chi connectivity index (χ4v) is 2.37. The molecule has 4 aromatic rings. The number of aromatic hydroxyl groups is 1. The van der Waals surface area contributed by atoms with Crippen LogP contribution in [-0.4, -0.2) is 30.5 Å². The van der Waals surface area contributed by atoms with E-state index in [0.717, 1.165) is 22.5 Å². The second-order valence-electron chi connectivity index (χ2n) is 4.95. The van der Waals surface area contributed by atoms with E-state index in [1.165, 1.54) is 0 Å². The Morgan fingerprint density at radius 2 is 1.87 bits per heavy atom. The normalized spacial score (nSPS) is 10.8. The number of phenols is 1. The van der Waals surface area contributed by atoms with Crippen LogP contribution < -0.4 is 5.32 Å². The molecule has 23 heavy (non-hydrogen) atoms. The van der Waals surface area contributed by atoms with Crippen LogP contribution in [0.2, 0.25) is 0 Å². The number of rotatable bonds is 3. The highest BCUT2D eigenvalue weighted by molar-refractivity contribution is 6.00. The summed E-state index contributed by atoms with van der Waals surface area (Å²) in [7, 11) is 0. The lowest BCUT2D eigenvalue weighted by Crippen LogP contribution is -1.96. The smallest absolute Gasteiger partial charge is 0.166 e. The van der Waals surface area contributed by atoms with Gasteiger partial charge in [0.1, 0.15) is 11.4 Å². The highest BCUT2D eigenvalue weighted by atomic mass is 16.3. The molecule has 4 rings (SSSR count). The molecule has 0 amide bonds. The van der Waals surface area contributed by atoms with E-state index in [-0.39, 0.29) is 5.75 Å². The molecule has 0 saturated heterocycles. The van der Waals surface area contributed by atoms with E-state index in [0.29, 0.717) is 11.3 Å². The lowest BCUT2D eigenvalue weighted by atomic mass is 10.2. The summed E-state index contributed by atoms with van der Waals surface area (Å²) in [5.41, 5.74) is 3.65. The first kappa shape index (κ1) is 13.2. The Morgan fingerprint density at radius 3 is 2.65 bits per heavy atom. The molecule has 0 aliphatic heterocycles. The van der Waals surface area contributed by atoms with Crippen molar-refractivity contribution in [2.75, 3.05) is 5.32 Å². The van der Waals surface area contributed by atoms with Crippen LogP contribution in [0, 0.1) is 0 Å². The molecule has 0 fully saturated rings. The summed E-state index contributed by atoms with van der Waals surface area (Å²) in [5.74, 6) is 0.219. The molecule has 3 N–H and O–H groups in total. The van der Waals surface area contributed by atoms with Crippen molar-refractivity contribution in [2.24, 2.45) is 0 Å². The predicted molar refractivity (Wildman–Crippen MR) is 86.3 cm³/mol. The highest BCUT2D eigenvalue weighted by Crippen LogP contribution is 2.31. The Kier molecular flexibility index (Phi) is 3.09. The van der Waals surface area contributed by atoms with Crippen LogP contribution in [0.1, 0.15) is 0 Å². The Hall–Kier alpha value is -3.48. The van der Waals surface area contributed by atoms with Gasteiger partial charge in [-0.3, -0.25) is 4.98 Å². The van der Waals surface area contributed by atoms with Crippen LogP contribution in [0.3, 0.4) is 0 Å². The zero-order valence-electron chi connectivity index (χ0n) is 11.9. The molecule has 7 heteroatoms. The SMILES string of the molecule is Oc1ccc(Nc2c[nH]c3nnnc(-c4ccccn4)c23)cc1. The van der Waals surface area contributed by atoms with Crippen LogP contribution in [0.15, 0.2) is 54.9 Å². The average molecular weight is 304 g/mol. The van der Waals surface area contributed by atoms with Gasteiger partial charge in [0.05, 0.1) is 16.8 Å². The van der Waals surface area contributed by atoms with Crippen LogP contribution >= 0.6 is 0 Å². The first-order chi connectivity index (χ1) is 11.3. The lowest BCUT2D eigenvalue weighted by molar-refractivity contribution is 0.475. The Bertz CT molecular complexity index is 949. The number of benzene rings is 1. The van der Waals surface area contributed by atoms with Crippen molar-refractivity contribution >= 4 is 22.4 Å². The van der Waals surface area contributed by atoms with Gasteiger partial charge in [0.25, 0.3) is 0 Å². The molecule has 0 unspecified atom stereocenters. The van der Waals surface area contributed by atoms with E-state index in [4.69, 9.17) is 0 Å². The van der Waals surface area contributed by atoms with E-state index < -0.39 is 0 Å². The highest BCUT2D eigenvalue weighted by Gasteiger charge is 2.14. The van der Waals surface area contributed by atoms with Gasteiger partial charge in [-0.1, -0.05) is 6.07 Å². The van der Waals surface area contributed by atoms with Gasteiger partial charge in [0, 0.05) is 18.1 Å². The second kappa shape index (κ2) is 5.38. The average Bonchev–Trinajstić information content (AvgIpc) is 3.01. The van der Waals surface area contributed by atoms with Crippen LogP contribution in [-0.2, 0) is 0 Å². The minimum absolute atomic E-state index is 0.219. The summed E-state index contributed by atoms with van der Waals surface area (Å²) in [6.45, 7) is 0. The van der Waals surface area contributed by atoms with Gasteiger partial charge in [-0.05, 0) is 41.6 Å². The maximum absolute atomic E-state index is 9.38. The molecule has 112 valence electrons. The predicted octanol–water partition coefficient (Wildman–Crippen LogP) is 2.86. The van der Waals surface area contributed by atoms with Crippen LogP contribution in [0.4, 0.5) is 11.4 Å². The molecule has 0 bridgehead atoms. The Labute approximate surface area is 131 Å². The fourth-order valence-electron chi connectivity index (χ4n) is 2.37. The number of pyridine rings is 1. The fraction of sp³-hybridized carbons (Fsp3) is 0. The molecule has 1 aromatic carbocycles. The minimum atomic E-state index is 0.219. The molecule has 3 aromatic heterocycles. The number of aromatic amines is 1. The maximum Gasteiger partial charge on any atom is 0.166 e. The minimum Gasteiger partial charge on any atom is -0.508 e. The number of hydrogen-bond donors (Lipinski definition) is 3. The van der Waals surface area contributed by atoms with Gasteiger partial charge in [0.15, 0.2) is 5.65 Å². The monoisotopic (exact) mass is 304 g/mol. The quantitative estimate of drug-likeness (QED) is 0.503. The van der Waals surface area contributed by atoms with Crippen molar-refractivity contribution in [3.63, 3.8) is 0 Å². The molecule has 0 aliphatic rings. The van der Waals surface area contributed by atoms with Gasteiger partial charge in [0.2, 0.25) is 0 Å². The lowest BCUT2D eigenvalue weighted by Gasteiger charge is -2.06. The van der Waals surface area contributed by atoms with Gasteiger partial charge >= 0.3 is 0 Å². The summed E-state index contributed by atoms with van der Waals surface area (Å²) < 4.78 is 0. The van der Waals surface area contributed by atoms with E-state index in [2.05, 4.69) is 30.7 Å². The molecule has 0 spiro atoms. The molecule has 0 aliphatic carbocycles. The number of hydrogen-bond acceptors (Lipinski definition) is 6. The molecule has 7 nitrogen and oxygen atoms in total. The van der Waals surface area contributed by atoms with Crippen molar-refractivity contribution < 1.29 is 5.11 Å². The Morgan fingerprint density at radius 1 is 1.00 bits per heavy atom. The van der Waals surface area contributed by atoms with Crippen molar-refractivity contribution in [3.05, 3.63) is 54.9 Å². The van der Waals surface area contributed by atoms with Gasteiger partial charge in [-0.2, -0.15) is 0 Å². The number of nitrogens with one attached hydrogen (secondary N) is 2. The summed E-state index contributed by atoms with van der Waals surface area (Å²) in [6, 6.07) is 12.4. The summed E-state index contributed by atoms with van der Waals surface area (Å²) >= 11 is 0. The topological polar surface area (TPSA) is 99.6 Å². The Balaban J connectivity index is 1.83. The molecule has 0 atom stereocenters. The molecular formula is C16H12N6O. The number of anilines is 2. The van der Waals surface area contributed by atoms with Crippen molar-refractivity contribution in [3.8, 4) is 17.1 Å². The number of fused-ring (bicyclic) bond motifs is 1. The van der Waals surface area contributed by atoms with Crippen LogP contribution in [0.5, 0.6) is 5.75 Å². The third-order valence-corrected chi connectivity index (χ3v) is 3.44. The van der Waals surface area contributed by atoms with Crippen molar-refractivity contribution in [1.82, 2.24) is 25.4 Å². The molecule has 3 heterocycles. The summed E-state index contributed by atoms with van der Waals surface area (Å²) in [4.78, 5) is 7.41. The zero-order valence-corrected chi connectivity index (χ0v) is 11.9. The van der Waals surface area contributed by atoms with Gasteiger partial charge in [-0.15, -0.1) is 10.2 Å². The summed E-state index contributed by atoms with van der Waals surface area (Å²) in [6.07, 6.45) is 3.52. The van der Waals surface area contributed by atoms with Crippen LogP contribution in [0.25, 0.3) is 22.4 Å². The largest absolute Gasteiger partial charge is 0.508 e. The third kappa shape index (κ3) is 2.44. The molecule has 0 radical (unpaired) electrons. The standard InChI is InChI=1S/C16H12N6O/c23-11-6-4-10(5-7-11)19-13-9-18-16-14(13)15(20-22-21-16)12-3-1-2-8-17-12/h1-9,19,23H,(H,18,20,21). The van der Waals surface area contributed by atoms with E-state index in [1.807, 2.05) is 18.2 Å². The maximum atomic E-state index is 9.38. The third-order valence-electron chi connectivity index (χ3n) is 3.44. The van der Waals surface area contributed by atoms with E-state index >= 15 is 0 Å². The number of H-pyrrole nitrogens is 1. The second-order valence-corrected chi connectivity index (χ2v) is 4.95. The first-order valence-electron chi connectivity index (χ1n) is 6.99. The van der Waals surface area contributed by atoms with E-state index in [1.54, 1.807) is 36.7 Å². The number of aromatic nitrogens is 5. The summed E-state index contributed by atoms with van der Waals surface area (Å²) in [5, 5.41) is 25.4. The molecular weight excluding hydrogens is 292 g/mol. The number of phenolic OH excluding ortho intramolecular Hbond substituents is 1.